The smallest absolute Gasteiger partial charge is 0.0207 e. The Balaban J connectivity index is 1.84. The Kier molecular flexibility index (Phi) is 4.21. The molecule has 15 heavy (non-hydrogen) atoms. The molecular weight excluding hydrogens is 250 g/mol. The van der Waals surface area contributed by atoms with Crippen molar-refractivity contribution in [2.75, 3.05) is 6.54 Å². The second-order valence-corrected chi connectivity index (χ2v) is 5.13. The Bertz CT molecular complexity index is 305. The normalized spacial score (nSPS) is 21.5. The van der Waals surface area contributed by atoms with Crippen LogP contribution in [0.15, 0.2) is 28.7 Å². The van der Waals surface area contributed by atoms with Gasteiger partial charge in [0.1, 0.15) is 0 Å². The van der Waals surface area contributed by atoms with E-state index < -0.39 is 0 Å². The number of halogens is 1. The summed E-state index contributed by atoms with van der Waals surface area (Å²) in [5.41, 5.74) is 1.44. The van der Waals surface area contributed by atoms with Gasteiger partial charge in [-0.15, -0.1) is 0 Å². The Morgan fingerprint density at radius 3 is 2.87 bits per heavy atom. The lowest BCUT2D eigenvalue weighted by atomic mass is 9.98. The third-order valence-corrected chi connectivity index (χ3v) is 3.91. The number of nitrogens with one attached hydrogen (secondary N) is 1. The van der Waals surface area contributed by atoms with E-state index in [4.69, 9.17) is 0 Å². The first-order valence-electron chi connectivity index (χ1n) is 5.83. The monoisotopic (exact) mass is 267 g/mol. The van der Waals surface area contributed by atoms with Crippen molar-refractivity contribution in [1.29, 1.82) is 0 Å². The van der Waals surface area contributed by atoms with Crippen molar-refractivity contribution in [3.05, 3.63) is 34.3 Å². The van der Waals surface area contributed by atoms with Gasteiger partial charge in [-0.05, 0) is 43.9 Å². The molecule has 1 unspecified atom stereocenters. The third-order valence-electron chi connectivity index (χ3n) is 3.13. The molecule has 2 heteroatoms. The fourth-order valence-corrected chi connectivity index (χ4v) is 2.68. The zero-order chi connectivity index (χ0) is 10.5. The molecule has 82 valence electrons. The molecule has 1 saturated heterocycles. The lowest BCUT2D eigenvalue weighted by Crippen LogP contribution is -2.34. The average Bonchev–Trinajstić information content (AvgIpc) is 2.29. The minimum atomic E-state index is 0.742. The van der Waals surface area contributed by atoms with E-state index in [0.29, 0.717) is 0 Å². The molecule has 0 saturated carbocycles. The van der Waals surface area contributed by atoms with E-state index in [2.05, 4.69) is 45.5 Å². The first kappa shape index (κ1) is 11.2. The van der Waals surface area contributed by atoms with Crippen molar-refractivity contribution >= 4 is 15.9 Å². The van der Waals surface area contributed by atoms with E-state index >= 15 is 0 Å². The molecule has 0 spiro atoms. The molecule has 0 bridgehead atoms. The Hall–Kier alpha value is -0.340. The average molecular weight is 268 g/mol. The summed E-state index contributed by atoms with van der Waals surface area (Å²) >= 11 is 3.60. The summed E-state index contributed by atoms with van der Waals surface area (Å²) in [6.07, 6.45) is 6.55. The highest BCUT2D eigenvalue weighted by molar-refractivity contribution is 9.10. The highest BCUT2D eigenvalue weighted by Gasteiger charge is 2.12. The van der Waals surface area contributed by atoms with Crippen LogP contribution in [0.25, 0.3) is 0 Å². The van der Waals surface area contributed by atoms with Crippen LogP contribution in [0.1, 0.15) is 31.2 Å². The van der Waals surface area contributed by atoms with Gasteiger partial charge in [0.2, 0.25) is 0 Å². The van der Waals surface area contributed by atoms with Gasteiger partial charge >= 0.3 is 0 Å². The van der Waals surface area contributed by atoms with E-state index in [-0.39, 0.29) is 0 Å². The molecule has 1 heterocycles. The zero-order valence-electron chi connectivity index (χ0n) is 9.01. The SMILES string of the molecule is Brc1ccccc1CCC1CCCCN1. The maximum atomic E-state index is 3.60. The quantitative estimate of drug-likeness (QED) is 0.884. The number of benzene rings is 1. The zero-order valence-corrected chi connectivity index (χ0v) is 10.6. The second-order valence-electron chi connectivity index (χ2n) is 4.28. The number of rotatable bonds is 3. The van der Waals surface area contributed by atoms with Crippen LogP contribution in [0.2, 0.25) is 0 Å². The van der Waals surface area contributed by atoms with Crippen LogP contribution in [0.4, 0.5) is 0 Å². The van der Waals surface area contributed by atoms with Gasteiger partial charge < -0.3 is 5.32 Å². The molecule has 0 aromatic heterocycles. The summed E-state index contributed by atoms with van der Waals surface area (Å²) in [5.74, 6) is 0. The first-order chi connectivity index (χ1) is 7.36. The van der Waals surface area contributed by atoms with Gasteiger partial charge in [-0.3, -0.25) is 0 Å². The van der Waals surface area contributed by atoms with Crippen molar-refractivity contribution < 1.29 is 0 Å². The summed E-state index contributed by atoms with van der Waals surface area (Å²) in [6.45, 7) is 1.21. The predicted molar refractivity (Wildman–Crippen MR) is 68.1 cm³/mol. The molecule has 1 nitrogen and oxygen atoms in total. The summed E-state index contributed by atoms with van der Waals surface area (Å²) in [7, 11) is 0. The van der Waals surface area contributed by atoms with Crippen LogP contribution in [-0.4, -0.2) is 12.6 Å². The second kappa shape index (κ2) is 5.66. The van der Waals surface area contributed by atoms with Gasteiger partial charge in [0.25, 0.3) is 0 Å². The minimum Gasteiger partial charge on any atom is -0.314 e. The lowest BCUT2D eigenvalue weighted by molar-refractivity contribution is 0.382. The topological polar surface area (TPSA) is 12.0 Å². The molecule has 1 aromatic carbocycles. The maximum Gasteiger partial charge on any atom is 0.0207 e. The van der Waals surface area contributed by atoms with Crippen LogP contribution in [-0.2, 0) is 6.42 Å². The molecule has 1 atom stereocenters. The van der Waals surface area contributed by atoms with Crippen molar-refractivity contribution in [3.8, 4) is 0 Å². The number of piperidine rings is 1. The van der Waals surface area contributed by atoms with Gasteiger partial charge in [0.15, 0.2) is 0 Å². The Labute approximate surface area is 100 Å². The van der Waals surface area contributed by atoms with E-state index in [9.17, 15) is 0 Å². The van der Waals surface area contributed by atoms with Gasteiger partial charge in [0.05, 0.1) is 0 Å². The molecule has 2 rings (SSSR count). The fourth-order valence-electron chi connectivity index (χ4n) is 2.20. The van der Waals surface area contributed by atoms with Crippen LogP contribution in [0, 0.1) is 0 Å². The van der Waals surface area contributed by atoms with Gasteiger partial charge in [0, 0.05) is 10.5 Å². The first-order valence-corrected chi connectivity index (χ1v) is 6.62. The molecule has 0 amide bonds. The summed E-state index contributed by atoms with van der Waals surface area (Å²) < 4.78 is 1.25. The predicted octanol–water partition coefficient (Wildman–Crippen LogP) is 3.52. The van der Waals surface area contributed by atoms with Crippen molar-refractivity contribution in [2.45, 2.75) is 38.1 Å². The molecule has 1 aliphatic heterocycles. The Morgan fingerprint density at radius 1 is 1.27 bits per heavy atom. The Morgan fingerprint density at radius 2 is 2.13 bits per heavy atom. The fraction of sp³-hybridized carbons (Fsp3) is 0.538. The van der Waals surface area contributed by atoms with Crippen LogP contribution >= 0.6 is 15.9 Å². The third kappa shape index (κ3) is 3.32. The highest BCUT2D eigenvalue weighted by atomic mass is 79.9. The molecule has 0 aliphatic carbocycles. The largest absolute Gasteiger partial charge is 0.314 e. The van der Waals surface area contributed by atoms with Crippen LogP contribution < -0.4 is 5.32 Å². The van der Waals surface area contributed by atoms with Crippen molar-refractivity contribution in [1.82, 2.24) is 5.32 Å². The van der Waals surface area contributed by atoms with Crippen LogP contribution in [0.5, 0.6) is 0 Å². The number of aryl methyl sites for hydroxylation is 1. The standard InChI is InChI=1S/C13H18BrN/c14-13-7-2-1-5-11(13)8-9-12-6-3-4-10-15-12/h1-2,5,7,12,15H,3-4,6,8-10H2. The molecule has 1 fully saturated rings. The highest BCUT2D eigenvalue weighted by Crippen LogP contribution is 2.19. The molecule has 1 aromatic rings. The summed E-state index contributed by atoms with van der Waals surface area (Å²) in [4.78, 5) is 0. The van der Waals surface area contributed by atoms with Crippen LogP contribution in [0.3, 0.4) is 0 Å². The van der Waals surface area contributed by atoms with E-state index in [0.717, 1.165) is 6.04 Å². The number of hydrogen-bond donors (Lipinski definition) is 1. The van der Waals surface area contributed by atoms with Gasteiger partial charge in [-0.2, -0.15) is 0 Å². The van der Waals surface area contributed by atoms with Crippen molar-refractivity contribution in [3.63, 3.8) is 0 Å². The van der Waals surface area contributed by atoms with E-state index in [1.54, 1.807) is 0 Å². The van der Waals surface area contributed by atoms with Gasteiger partial charge in [-0.25, -0.2) is 0 Å². The molecule has 1 N–H and O–H groups in total. The summed E-state index contributed by atoms with van der Waals surface area (Å²) in [6, 6.07) is 9.28. The van der Waals surface area contributed by atoms with E-state index in [1.165, 1.54) is 48.7 Å². The molecular formula is C13H18BrN. The number of hydrogen-bond acceptors (Lipinski definition) is 1. The minimum absolute atomic E-state index is 0.742. The lowest BCUT2D eigenvalue weighted by Gasteiger charge is -2.23. The summed E-state index contributed by atoms with van der Waals surface area (Å²) in [5, 5.41) is 3.59. The van der Waals surface area contributed by atoms with Crippen molar-refractivity contribution in [2.24, 2.45) is 0 Å². The van der Waals surface area contributed by atoms with Gasteiger partial charge in [-0.1, -0.05) is 40.5 Å². The van der Waals surface area contributed by atoms with E-state index in [1.807, 2.05) is 0 Å². The maximum absolute atomic E-state index is 3.60. The molecule has 1 aliphatic rings. The molecule has 0 radical (unpaired) electrons.